The van der Waals surface area contributed by atoms with Crippen LogP contribution in [0.2, 0.25) is 5.02 Å². The standard InChI is InChI=1S/C21H22ClFN4O/c1-15(21-24-20(25-28-21)16-5-3-2-4-6-16)27-11-9-26(10-12-27)14-17-7-8-18(23)13-19(17)22/h2-8,13,15H,9-12,14H2,1H3. The molecule has 0 aliphatic carbocycles. The molecule has 1 aliphatic heterocycles. The van der Waals surface area contributed by atoms with Crippen LogP contribution in [0.4, 0.5) is 4.39 Å². The number of nitrogens with zero attached hydrogens (tertiary/aromatic N) is 4. The molecule has 0 saturated carbocycles. The Morgan fingerprint density at radius 1 is 1.11 bits per heavy atom. The van der Waals surface area contributed by atoms with E-state index in [1.807, 2.05) is 30.3 Å². The van der Waals surface area contributed by atoms with Crippen molar-refractivity contribution in [1.29, 1.82) is 0 Å². The van der Waals surface area contributed by atoms with Crippen LogP contribution in [0.1, 0.15) is 24.4 Å². The van der Waals surface area contributed by atoms with Crippen molar-refractivity contribution in [1.82, 2.24) is 19.9 Å². The molecule has 1 unspecified atom stereocenters. The summed E-state index contributed by atoms with van der Waals surface area (Å²) in [5, 5.41) is 4.60. The Morgan fingerprint density at radius 2 is 1.86 bits per heavy atom. The molecule has 0 bridgehead atoms. The van der Waals surface area contributed by atoms with Crippen molar-refractivity contribution in [2.75, 3.05) is 26.2 Å². The number of benzene rings is 2. The number of aromatic nitrogens is 2. The van der Waals surface area contributed by atoms with Gasteiger partial charge in [-0.25, -0.2) is 4.39 Å². The first-order valence-electron chi connectivity index (χ1n) is 9.39. The van der Waals surface area contributed by atoms with E-state index in [-0.39, 0.29) is 11.9 Å². The summed E-state index contributed by atoms with van der Waals surface area (Å²) in [5.74, 6) is 0.947. The lowest BCUT2D eigenvalue weighted by Gasteiger charge is -2.36. The molecule has 3 aromatic rings. The fourth-order valence-corrected chi connectivity index (χ4v) is 3.69. The molecule has 1 aliphatic rings. The number of hydrogen-bond acceptors (Lipinski definition) is 5. The minimum atomic E-state index is -0.304. The van der Waals surface area contributed by atoms with Crippen LogP contribution in [0.15, 0.2) is 53.1 Å². The third kappa shape index (κ3) is 4.24. The largest absolute Gasteiger partial charge is 0.337 e. The van der Waals surface area contributed by atoms with E-state index in [1.165, 1.54) is 12.1 Å². The summed E-state index contributed by atoms with van der Waals surface area (Å²) in [7, 11) is 0. The predicted molar refractivity (Wildman–Crippen MR) is 106 cm³/mol. The zero-order valence-electron chi connectivity index (χ0n) is 15.7. The number of rotatable bonds is 5. The first-order chi connectivity index (χ1) is 13.6. The second-order valence-corrected chi connectivity index (χ2v) is 7.45. The first-order valence-corrected chi connectivity index (χ1v) is 9.77. The third-order valence-electron chi connectivity index (χ3n) is 5.19. The van der Waals surface area contributed by atoms with Gasteiger partial charge >= 0.3 is 0 Å². The normalized spacial score (nSPS) is 17.0. The summed E-state index contributed by atoms with van der Waals surface area (Å²) in [6, 6.07) is 14.5. The summed E-state index contributed by atoms with van der Waals surface area (Å²) < 4.78 is 18.7. The van der Waals surface area contributed by atoms with Crippen molar-refractivity contribution in [3.8, 4) is 11.4 Å². The summed E-state index contributed by atoms with van der Waals surface area (Å²) in [4.78, 5) is 9.24. The number of piperazine rings is 1. The molecule has 146 valence electrons. The molecule has 2 aromatic carbocycles. The highest BCUT2D eigenvalue weighted by Gasteiger charge is 2.26. The van der Waals surface area contributed by atoms with Gasteiger partial charge in [-0.1, -0.05) is 53.2 Å². The van der Waals surface area contributed by atoms with Crippen LogP contribution in [0.5, 0.6) is 0 Å². The van der Waals surface area contributed by atoms with Crippen molar-refractivity contribution in [2.24, 2.45) is 0 Å². The maximum absolute atomic E-state index is 13.2. The highest BCUT2D eigenvalue weighted by molar-refractivity contribution is 6.31. The minimum absolute atomic E-state index is 0.0570. The van der Waals surface area contributed by atoms with E-state index < -0.39 is 0 Å². The Morgan fingerprint density at radius 3 is 2.57 bits per heavy atom. The average Bonchev–Trinajstić information content (AvgIpc) is 3.21. The SMILES string of the molecule is CC(c1nc(-c2ccccc2)no1)N1CCN(Cc2ccc(F)cc2Cl)CC1. The van der Waals surface area contributed by atoms with Gasteiger partial charge < -0.3 is 4.52 Å². The molecule has 0 spiro atoms. The van der Waals surface area contributed by atoms with E-state index in [9.17, 15) is 4.39 Å². The number of hydrogen-bond donors (Lipinski definition) is 0. The van der Waals surface area contributed by atoms with Crippen LogP contribution in [0, 0.1) is 5.82 Å². The summed E-state index contributed by atoms with van der Waals surface area (Å²) in [6.45, 7) is 6.40. The van der Waals surface area contributed by atoms with Crippen molar-refractivity contribution in [2.45, 2.75) is 19.5 Å². The van der Waals surface area contributed by atoms with Gasteiger partial charge in [0.1, 0.15) is 5.82 Å². The quantitative estimate of drug-likeness (QED) is 0.634. The van der Waals surface area contributed by atoms with Crippen molar-refractivity contribution in [3.05, 3.63) is 70.8 Å². The summed E-state index contributed by atoms with van der Waals surface area (Å²) in [5.41, 5.74) is 1.90. The Labute approximate surface area is 168 Å². The molecule has 28 heavy (non-hydrogen) atoms. The fraction of sp³-hybridized carbons (Fsp3) is 0.333. The maximum atomic E-state index is 13.2. The van der Waals surface area contributed by atoms with E-state index in [2.05, 4.69) is 26.9 Å². The number of halogens is 2. The topological polar surface area (TPSA) is 45.4 Å². The van der Waals surface area contributed by atoms with Gasteiger partial charge in [0.15, 0.2) is 0 Å². The molecule has 7 heteroatoms. The van der Waals surface area contributed by atoms with Crippen LogP contribution >= 0.6 is 11.6 Å². The van der Waals surface area contributed by atoms with Gasteiger partial charge in [-0.05, 0) is 24.6 Å². The summed E-state index contributed by atoms with van der Waals surface area (Å²) in [6.07, 6.45) is 0. The van der Waals surface area contributed by atoms with Crippen LogP contribution < -0.4 is 0 Å². The van der Waals surface area contributed by atoms with Crippen LogP contribution in [-0.4, -0.2) is 46.1 Å². The van der Waals surface area contributed by atoms with Crippen molar-refractivity contribution >= 4 is 11.6 Å². The fourth-order valence-electron chi connectivity index (χ4n) is 3.47. The first kappa shape index (κ1) is 19.1. The van der Waals surface area contributed by atoms with Crippen molar-refractivity contribution in [3.63, 3.8) is 0 Å². The molecule has 1 aromatic heterocycles. The molecule has 0 N–H and O–H groups in total. The molecular formula is C21H22ClFN4O. The van der Waals surface area contributed by atoms with Gasteiger partial charge in [0, 0.05) is 43.3 Å². The molecule has 5 nitrogen and oxygen atoms in total. The Balaban J connectivity index is 1.35. The molecule has 0 amide bonds. The van der Waals surface area contributed by atoms with Crippen molar-refractivity contribution < 1.29 is 8.91 Å². The molecule has 2 heterocycles. The Kier molecular flexibility index (Phi) is 5.71. The molecule has 4 rings (SSSR count). The molecular weight excluding hydrogens is 379 g/mol. The smallest absolute Gasteiger partial charge is 0.244 e. The van der Waals surface area contributed by atoms with E-state index in [4.69, 9.17) is 16.1 Å². The molecule has 1 saturated heterocycles. The second-order valence-electron chi connectivity index (χ2n) is 7.05. The predicted octanol–water partition coefficient (Wildman–Crippen LogP) is 4.41. The van der Waals surface area contributed by atoms with E-state index in [1.54, 1.807) is 6.07 Å². The highest BCUT2D eigenvalue weighted by Crippen LogP contribution is 2.25. The van der Waals surface area contributed by atoms with Gasteiger partial charge in [0.25, 0.3) is 0 Å². The molecule has 0 radical (unpaired) electrons. The molecule has 1 atom stereocenters. The lowest BCUT2D eigenvalue weighted by Crippen LogP contribution is -2.46. The van der Waals surface area contributed by atoms with Crippen LogP contribution in [0.3, 0.4) is 0 Å². The Hall–Kier alpha value is -2.28. The monoisotopic (exact) mass is 400 g/mol. The van der Waals surface area contributed by atoms with Gasteiger partial charge in [0.05, 0.1) is 6.04 Å². The molecule has 1 fully saturated rings. The van der Waals surface area contributed by atoms with Gasteiger partial charge in [-0.15, -0.1) is 0 Å². The highest BCUT2D eigenvalue weighted by atomic mass is 35.5. The zero-order valence-corrected chi connectivity index (χ0v) is 16.4. The van der Waals surface area contributed by atoms with Gasteiger partial charge in [-0.2, -0.15) is 4.98 Å². The maximum Gasteiger partial charge on any atom is 0.244 e. The second kappa shape index (κ2) is 8.39. The van der Waals surface area contributed by atoms with Gasteiger partial charge in [-0.3, -0.25) is 9.80 Å². The zero-order chi connectivity index (χ0) is 19.5. The van der Waals surface area contributed by atoms with Gasteiger partial charge in [0.2, 0.25) is 11.7 Å². The average molecular weight is 401 g/mol. The third-order valence-corrected chi connectivity index (χ3v) is 5.55. The van der Waals surface area contributed by atoms with E-state index in [0.717, 1.165) is 43.9 Å². The summed E-state index contributed by atoms with van der Waals surface area (Å²) >= 11 is 6.16. The van der Waals surface area contributed by atoms with E-state index in [0.29, 0.717) is 16.7 Å². The lowest BCUT2D eigenvalue weighted by molar-refractivity contribution is 0.0845. The minimum Gasteiger partial charge on any atom is -0.337 e. The van der Waals surface area contributed by atoms with Crippen LogP contribution in [0.25, 0.3) is 11.4 Å². The Bertz CT molecular complexity index is 925. The van der Waals surface area contributed by atoms with Crippen LogP contribution in [-0.2, 0) is 6.54 Å². The lowest BCUT2D eigenvalue weighted by atomic mass is 10.1. The van der Waals surface area contributed by atoms with E-state index >= 15 is 0 Å².